The molecule has 0 aliphatic rings. The second-order valence-corrected chi connectivity index (χ2v) is 3.75. The fourth-order valence-corrected chi connectivity index (χ4v) is 2.42. The molecule has 0 bridgehead atoms. The van der Waals surface area contributed by atoms with Crippen LogP contribution in [0.2, 0.25) is 0 Å². The van der Waals surface area contributed by atoms with Crippen LogP contribution in [0.5, 0.6) is 0 Å². The molecule has 0 radical (unpaired) electrons. The molecule has 0 aliphatic heterocycles. The van der Waals surface area contributed by atoms with Gasteiger partial charge in [0.1, 0.15) is 0 Å². The van der Waals surface area contributed by atoms with E-state index in [4.69, 9.17) is 0 Å². The summed E-state index contributed by atoms with van der Waals surface area (Å²) in [4.78, 5) is 0. The number of hydrogen-bond acceptors (Lipinski definition) is 1. The first kappa shape index (κ1) is 7.56. The van der Waals surface area contributed by atoms with Crippen molar-refractivity contribution in [2.75, 3.05) is 0 Å². The lowest BCUT2D eigenvalue weighted by Crippen LogP contribution is -1.74. The highest BCUT2D eigenvalue weighted by Gasteiger charge is 2.01. The normalized spacial score (nSPS) is 10.4. The second-order valence-electron chi connectivity index (χ2n) is 2.84. The highest BCUT2D eigenvalue weighted by molar-refractivity contribution is 7.17. The summed E-state index contributed by atoms with van der Waals surface area (Å²) in [6, 6.07) is 6.34. The van der Waals surface area contributed by atoms with E-state index in [0.29, 0.717) is 0 Å². The molecule has 0 nitrogen and oxygen atoms in total. The minimum atomic E-state index is 1.24. The minimum Gasteiger partial charge on any atom is -0.144 e. The van der Waals surface area contributed by atoms with Gasteiger partial charge in [-0.3, -0.25) is 0 Å². The molecular formula is C11H10S. The Morgan fingerprint density at radius 1 is 1.42 bits per heavy atom. The zero-order valence-electron chi connectivity index (χ0n) is 7.00. The Labute approximate surface area is 76.2 Å². The van der Waals surface area contributed by atoms with Crippen LogP contribution in [0.3, 0.4) is 0 Å². The van der Waals surface area contributed by atoms with Crippen molar-refractivity contribution < 1.29 is 0 Å². The zero-order chi connectivity index (χ0) is 8.55. The molecule has 0 saturated heterocycles. The largest absolute Gasteiger partial charge is 0.144 e. The molecular weight excluding hydrogens is 164 g/mol. The van der Waals surface area contributed by atoms with E-state index in [1.807, 2.05) is 6.08 Å². The quantitative estimate of drug-likeness (QED) is 0.616. The van der Waals surface area contributed by atoms with Crippen LogP contribution in [0, 0.1) is 6.92 Å². The Kier molecular flexibility index (Phi) is 1.74. The van der Waals surface area contributed by atoms with E-state index in [0.717, 1.165) is 0 Å². The van der Waals surface area contributed by atoms with E-state index >= 15 is 0 Å². The highest BCUT2D eigenvalue weighted by atomic mass is 32.1. The number of benzene rings is 1. The lowest BCUT2D eigenvalue weighted by Gasteiger charge is -1.96. The molecule has 0 amide bonds. The van der Waals surface area contributed by atoms with Crippen LogP contribution in [0.1, 0.15) is 11.1 Å². The van der Waals surface area contributed by atoms with Crippen LogP contribution in [0.25, 0.3) is 16.2 Å². The molecule has 0 aliphatic carbocycles. The molecule has 2 aromatic rings. The Morgan fingerprint density at radius 3 is 3.00 bits per heavy atom. The van der Waals surface area contributed by atoms with E-state index in [2.05, 4.69) is 37.1 Å². The predicted octanol–water partition coefficient (Wildman–Crippen LogP) is 3.85. The van der Waals surface area contributed by atoms with Crippen molar-refractivity contribution in [3.8, 4) is 0 Å². The molecule has 0 spiro atoms. The summed E-state index contributed by atoms with van der Waals surface area (Å²) in [7, 11) is 0. The molecule has 0 fully saturated rings. The number of hydrogen-bond donors (Lipinski definition) is 0. The maximum Gasteiger partial charge on any atom is 0.0351 e. The molecule has 12 heavy (non-hydrogen) atoms. The third-order valence-electron chi connectivity index (χ3n) is 2.04. The van der Waals surface area contributed by atoms with Gasteiger partial charge in [0.15, 0.2) is 0 Å². The lowest BCUT2D eigenvalue weighted by molar-refractivity contribution is 1.59. The van der Waals surface area contributed by atoms with Crippen LogP contribution in [0.15, 0.2) is 30.2 Å². The number of fused-ring (bicyclic) bond motifs is 1. The molecule has 60 valence electrons. The topological polar surface area (TPSA) is 0 Å². The van der Waals surface area contributed by atoms with Gasteiger partial charge in [-0.15, -0.1) is 11.3 Å². The van der Waals surface area contributed by atoms with Gasteiger partial charge in [0.25, 0.3) is 0 Å². The van der Waals surface area contributed by atoms with Crippen LogP contribution >= 0.6 is 11.3 Å². The SMILES string of the molecule is C=Cc1cccc2scc(C)c12. The van der Waals surface area contributed by atoms with E-state index in [1.165, 1.54) is 21.2 Å². The molecule has 1 heteroatoms. The van der Waals surface area contributed by atoms with Crippen molar-refractivity contribution in [1.29, 1.82) is 0 Å². The maximum absolute atomic E-state index is 3.81. The highest BCUT2D eigenvalue weighted by Crippen LogP contribution is 2.28. The Bertz CT molecular complexity index is 423. The summed E-state index contributed by atoms with van der Waals surface area (Å²) in [5.41, 5.74) is 2.59. The lowest BCUT2D eigenvalue weighted by atomic mass is 10.1. The fraction of sp³-hybridized carbons (Fsp3) is 0.0909. The van der Waals surface area contributed by atoms with Gasteiger partial charge in [0.05, 0.1) is 0 Å². The summed E-state index contributed by atoms with van der Waals surface area (Å²) in [6.45, 7) is 5.95. The van der Waals surface area contributed by atoms with Crippen LogP contribution < -0.4 is 0 Å². The average molecular weight is 174 g/mol. The molecule has 0 atom stereocenters. The summed E-state index contributed by atoms with van der Waals surface area (Å²) in [5, 5.41) is 3.55. The predicted molar refractivity (Wildman–Crippen MR) is 56.7 cm³/mol. The van der Waals surface area contributed by atoms with Gasteiger partial charge in [-0.05, 0) is 29.5 Å². The van der Waals surface area contributed by atoms with E-state index in [1.54, 1.807) is 11.3 Å². The van der Waals surface area contributed by atoms with Crippen LogP contribution in [-0.2, 0) is 0 Å². The molecule has 1 heterocycles. The van der Waals surface area contributed by atoms with Gasteiger partial charge in [0.2, 0.25) is 0 Å². The van der Waals surface area contributed by atoms with Gasteiger partial charge >= 0.3 is 0 Å². The van der Waals surface area contributed by atoms with Gasteiger partial charge in [0, 0.05) is 10.1 Å². The third-order valence-corrected chi connectivity index (χ3v) is 3.10. The smallest absolute Gasteiger partial charge is 0.0351 e. The second kappa shape index (κ2) is 2.76. The van der Waals surface area contributed by atoms with Crippen LogP contribution in [0.4, 0.5) is 0 Å². The van der Waals surface area contributed by atoms with Crippen molar-refractivity contribution in [1.82, 2.24) is 0 Å². The third kappa shape index (κ3) is 0.978. The number of aryl methyl sites for hydroxylation is 1. The van der Waals surface area contributed by atoms with Crippen molar-refractivity contribution in [3.63, 3.8) is 0 Å². The summed E-state index contributed by atoms with van der Waals surface area (Å²) < 4.78 is 1.35. The van der Waals surface area contributed by atoms with Gasteiger partial charge in [-0.1, -0.05) is 24.8 Å². The van der Waals surface area contributed by atoms with E-state index in [9.17, 15) is 0 Å². The first-order valence-electron chi connectivity index (χ1n) is 3.92. The number of rotatable bonds is 1. The van der Waals surface area contributed by atoms with Crippen LogP contribution in [-0.4, -0.2) is 0 Å². The van der Waals surface area contributed by atoms with Crippen molar-refractivity contribution in [2.45, 2.75) is 6.92 Å². The maximum atomic E-state index is 3.81. The first-order chi connectivity index (χ1) is 5.83. The Morgan fingerprint density at radius 2 is 2.25 bits per heavy atom. The van der Waals surface area contributed by atoms with Crippen molar-refractivity contribution in [3.05, 3.63) is 41.3 Å². The van der Waals surface area contributed by atoms with Gasteiger partial charge in [-0.2, -0.15) is 0 Å². The molecule has 0 N–H and O–H groups in total. The molecule has 0 saturated carbocycles. The molecule has 1 aromatic carbocycles. The molecule has 0 unspecified atom stereocenters. The summed E-state index contributed by atoms with van der Waals surface area (Å²) in [5.74, 6) is 0. The zero-order valence-corrected chi connectivity index (χ0v) is 7.82. The minimum absolute atomic E-state index is 1.24. The first-order valence-corrected chi connectivity index (χ1v) is 4.80. The standard InChI is InChI=1S/C11H10S/c1-3-9-5-4-6-10-11(9)8(2)7-12-10/h3-7H,1H2,2H3. The summed E-state index contributed by atoms with van der Waals surface area (Å²) in [6.07, 6.45) is 1.92. The fourth-order valence-electron chi connectivity index (χ4n) is 1.45. The monoisotopic (exact) mass is 174 g/mol. The van der Waals surface area contributed by atoms with E-state index in [-0.39, 0.29) is 0 Å². The molecule has 1 aromatic heterocycles. The van der Waals surface area contributed by atoms with Crippen molar-refractivity contribution >= 4 is 27.5 Å². The number of thiophene rings is 1. The van der Waals surface area contributed by atoms with Gasteiger partial charge in [-0.25, -0.2) is 0 Å². The van der Waals surface area contributed by atoms with Crippen molar-refractivity contribution in [2.24, 2.45) is 0 Å². The van der Waals surface area contributed by atoms with E-state index < -0.39 is 0 Å². The average Bonchev–Trinajstić information content (AvgIpc) is 2.48. The summed E-state index contributed by atoms with van der Waals surface area (Å²) >= 11 is 1.80. The molecule has 2 rings (SSSR count). The van der Waals surface area contributed by atoms with Gasteiger partial charge < -0.3 is 0 Å². The Balaban J connectivity index is 2.93. The Hall–Kier alpha value is -1.08.